The van der Waals surface area contributed by atoms with Crippen molar-refractivity contribution in [2.24, 2.45) is 0 Å². The standard InChI is InChI=1S/C12H13BrN2O/c1-9-10(7-13)8-14-15(9)11-5-3-4-6-12(11)16-2/h3-6,8H,7H2,1-2H3. The molecule has 3 nitrogen and oxygen atoms in total. The van der Waals surface area contributed by atoms with Gasteiger partial charge in [0.1, 0.15) is 11.4 Å². The molecule has 0 unspecified atom stereocenters. The van der Waals surface area contributed by atoms with E-state index in [1.807, 2.05) is 35.1 Å². The van der Waals surface area contributed by atoms with Crippen LogP contribution in [0, 0.1) is 6.92 Å². The van der Waals surface area contributed by atoms with Gasteiger partial charge in [-0.25, -0.2) is 4.68 Å². The van der Waals surface area contributed by atoms with Gasteiger partial charge in [-0.05, 0) is 19.1 Å². The summed E-state index contributed by atoms with van der Waals surface area (Å²) in [5.74, 6) is 0.829. The molecule has 0 bridgehead atoms. The van der Waals surface area contributed by atoms with E-state index in [9.17, 15) is 0 Å². The van der Waals surface area contributed by atoms with Crippen LogP contribution in [0.1, 0.15) is 11.3 Å². The topological polar surface area (TPSA) is 27.1 Å². The fraction of sp³-hybridized carbons (Fsp3) is 0.250. The summed E-state index contributed by atoms with van der Waals surface area (Å²) in [6.07, 6.45) is 1.87. The molecular weight excluding hydrogens is 268 g/mol. The molecule has 0 saturated carbocycles. The van der Waals surface area contributed by atoms with E-state index in [1.54, 1.807) is 7.11 Å². The second kappa shape index (κ2) is 4.70. The minimum Gasteiger partial charge on any atom is -0.494 e. The van der Waals surface area contributed by atoms with E-state index in [1.165, 1.54) is 5.56 Å². The molecule has 1 aromatic carbocycles. The van der Waals surface area contributed by atoms with Gasteiger partial charge in [0, 0.05) is 16.6 Å². The monoisotopic (exact) mass is 280 g/mol. The van der Waals surface area contributed by atoms with Crippen LogP contribution in [0.4, 0.5) is 0 Å². The molecule has 1 heterocycles. The Labute approximate surface area is 103 Å². The molecule has 0 amide bonds. The van der Waals surface area contributed by atoms with E-state index in [-0.39, 0.29) is 0 Å². The third-order valence-corrected chi connectivity index (χ3v) is 3.17. The molecule has 84 valence electrons. The van der Waals surface area contributed by atoms with Crippen molar-refractivity contribution in [1.29, 1.82) is 0 Å². The Morgan fingerprint density at radius 1 is 1.38 bits per heavy atom. The van der Waals surface area contributed by atoms with Crippen LogP contribution < -0.4 is 4.74 Å². The fourth-order valence-electron chi connectivity index (χ4n) is 1.62. The highest BCUT2D eigenvalue weighted by atomic mass is 79.9. The van der Waals surface area contributed by atoms with E-state index in [0.717, 1.165) is 22.5 Å². The highest BCUT2D eigenvalue weighted by Gasteiger charge is 2.10. The number of benzene rings is 1. The lowest BCUT2D eigenvalue weighted by molar-refractivity contribution is 0.411. The van der Waals surface area contributed by atoms with Crippen LogP contribution in [0.25, 0.3) is 5.69 Å². The van der Waals surface area contributed by atoms with Gasteiger partial charge in [-0.15, -0.1) is 0 Å². The number of hydrogen-bond donors (Lipinski definition) is 0. The van der Waals surface area contributed by atoms with Crippen molar-refractivity contribution in [2.75, 3.05) is 7.11 Å². The minimum absolute atomic E-state index is 0.813. The van der Waals surface area contributed by atoms with E-state index in [2.05, 4.69) is 28.0 Å². The number of aromatic nitrogens is 2. The maximum absolute atomic E-state index is 5.33. The average Bonchev–Trinajstić information content (AvgIpc) is 2.70. The van der Waals surface area contributed by atoms with Gasteiger partial charge in [0.05, 0.1) is 13.3 Å². The summed E-state index contributed by atoms with van der Waals surface area (Å²) in [7, 11) is 1.67. The van der Waals surface area contributed by atoms with Crippen LogP contribution >= 0.6 is 15.9 Å². The maximum atomic E-state index is 5.33. The molecule has 1 aromatic heterocycles. The van der Waals surface area contributed by atoms with Gasteiger partial charge >= 0.3 is 0 Å². The van der Waals surface area contributed by atoms with Gasteiger partial charge in [0.25, 0.3) is 0 Å². The Balaban J connectivity index is 2.54. The first-order valence-electron chi connectivity index (χ1n) is 5.00. The first-order valence-corrected chi connectivity index (χ1v) is 6.13. The molecule has 0 spiro atoms. The third kappa shape index (κ3) is 1.85. The molecule has 0 aliphatic rings. The van der Waals surface area contributed by atoms with E-state index >= 15 is 0 Å². The highest BCUT2D eigenvalue weighted by Crippen LogP contribution is 2.24. The first-order chi connectivity index (χ1) is 7.77. The normalized spacial score (nSPS) is 10.4. The van der Waals surface area contributed by atoms with Crippen LogP contribution in [-0.2, 0) is 5.33 Å². The van der Waals surface area contributed by atoms with Crippen LogP contribution in [0.5, 0.6) is 5.75 Å². The van der Waals surface area contributed by atoms with Gasteiger partial charge in [-0.2, -0.15) is 5.10 Å². The Kier molecular flexibility index (Phi) is 3.29. The Bertz CT molecular complexity index is 494. The summed E-state index contributed by atoms with van der Waals surface area (Å²) < 4.78 is 7.22. The number of nitrogens with zero attached hydrogens (tertiary/aromatic N) is 2. The number of ether oxygens (including phenoxy) is 1. The van der Waals surface area contributed by atoms with Crippen molar-refractivity contribution in [2.45, 2.75) is 12.3 Å². The van der Waals surface area contributed by atoms with Crippen molar-refractivity contribution in [3.05, 3.63) is 41.7 Å². The number of hydrogen-bond acceptors (Lipinski definition) is 2. The molecule has 0 saturated heterocycles. The lowest BCUT2D eigenvalue weighted by atomic mass is 10.2. The summed E-state index contributed by atoms with van der Waals surface area (Å²) in [6.45, 7) is 2.05. The number of rotatable bonds is 3. The van der Waals surface area contributed by atoms with Crippen LogP contribution in [0.15, 0.2) is 30.5 Å². The predicted molar refractivity (Wildman–Crippen MR) is 67.5 cm³/mol. The van der Waals surface area contributed by atoms with Gasteiger partial charge in [0.2, 0.25) is 0 Å². The lowest BCUT2D eigenvalue weighted by Crippen LogP contribution is -2.01. The van der Waals surface area contributed by atoms with Gasteiger partial charge in [0.15, 0.2) is 0 Å². The Hall–Kier alpha value is -1.29. The van der Waals surface area contributed by atoms with Crippen molar-refractivity contribution in [1.82, 2.24) is 9.78 Å². The molecule has 2 aromatic rings. The summed E-state index contributed by atoms with van der Waals surface area (Å²) in [5.41, 5.74) is 3.28. The molecule has 4 heteroatoms. The zero-order valence-corrected chi connectivity index (χ0v) is 10.9. The second-order valence-electron chi connectivity index (χ2n) is 3.47. The largest absolute Gasteiger partial charge is 0.494 e. The smallest absolute Gasteiger partial charge is 0.144 e. The average molecular weight is 281 g/mol. The molecular formula is C12H13BrN2O. The van der Waals surface area contributed by atoms with Crippen molar-refractivity contribution >= 4 is 15.9 Å². The molecule has 0 aliphatic heterocycles. The zero-order valence-electron chi connectivity index (χ0n) is 9.27. The SMILES string of the molecule is COc1ccccc1-n1ncc(CBr)c1C. The predicted octanol–water partition coefficient (Wildman–Crippen LogP) is 3.08. The van der Waals surface area contributed by atoms with Gasteiger partial charge in [-0.1, -0.05) is 28.1 Å². The van der Waals surface area contributed by atoms with E-state index in [0.29, 0.717) is 0 Å². The van der Waals surface area contributed by atoms with Crippen molar-refractivity contribution in [3.63, 3.8) is 0 Å². The number of halogens is 1. The lowest BCUT2D eigenvalue weighted by Gasteiger charge is -2.09. The zero-order chi connectivity index (χ0) is 11.5. The molecule has 0 N–H and O–H groups in total. The first kappa shape index (κ1) is 11.2. The van der Waals surface area contributed by atoms with Crippen molar-refractivity contribution < 1.29 is 4.74 Å². The van der Waals surface area contributed by atoms with Gasteiger partial charge < -0.3 is 4.74 Å². The molecule has 0 atom stereocenters. The number of alkyl halides is 1. The summed E-state index contributed by atoms with van der Waals surface area (Å²) >= 11 is 3.45. The molecule has 2 rings (SSSR count). The maximum Gasteiger partial charge on any atom is 0.144 e. The van der Waals surface area contributed by atoms with Crippen molar-refractivity contribution in [3.8, 4) is 11.4 Å². The quantitative estimate of drug-likeness (QED) is 0.808. The van der Waals surface area contributed by atoms with Crippen LogP contribution in [-0.4, -0.2) is 16.9 Å². The van der Waals surface area contributed by atoms with E-state index in [4.69, 9.17) is 4.74 Å². The summed E-state index contributed by atoms with van der Waals surface area (Å²) in [4.78, 5) is 0. The van der Waals surface area contributed by atoms with Crippen LogP contribution in [0.3, 0.4) is 0 Å². The summed E-state index contributed by atoms with van der Waals surface area (Å²) in [6, 6.07) is 7.86. The molecule has 0 aliphatic carbocycles. The molecule has 0 fully saturated rings. The van der Waals surface area contributed by atoms with E-state index < -0.39 is 0 Å². The number of methoxy groups -OCH3 is 1. The highest BCUT2D eigenvalue weighted by molar-refractivity contribution is 9.08. The molecule has 0 radical (unpaired) electrons. The second-order valence-corrected chi connectivity index (χ2v) is 4.03. The Morgan fingerprint density at radius 3 is 2.75 bits per heavy atom. The molecule has 16 heavy (non-hydrogen) atoms. The third-order valence-electron chi connectivity index (χ3n) is 2.57. The van der Waals surface area contributed by atoms with Gasteiger partial charge in [-0.3, -0.25) is 0 Å². The fourth-order valence-corrected chi connectivity index (χ4v) is 2.17. The summed E-state index contributed by atoms with van der Waals surface area (Å²) in [5, 5.41) is 5.19. The number of para-hydroxylation sites is 2. The Morgan fingerprint density at radius 2 is 2.12 bits per heavy atom. The van der Waals surface area contributed by atoms with Crippen LogP contribution in [0.2, 0.25) is 0 Å². The minimum atomic E-state index is 0.813.